The van der Waals surface area contributed by atoms with Crippen LogP contribution in [-0.4, -0.2) is 17.3 Å². The first-order chi connectivity index (χ1) is 6.02. The number of hydrogen-bond acceptors (Lipinski definition) is 2. The molecule has 0 saturated heterocycles. The van der Waals surface area contributed by atoms with E-state index in [1.165, 1.54) is 19.9 Å². The van der Waals surface area contributed by atoms with E-state index in [1.807, 2.05) is 0 Å². The van der Waals surface area contributed by atoms with Crippen molar-refractivity contribution in [1.82, 2.24) is 0 Å². The van der Waals surface area contributed by atoms with Gasteiger partial charge < -0.3 is 0 Å². The van der Waals surface area contributed by atoms with Crippen molar-refractivity contribution in [2.24, 2.45) is 4.99 Å². The first-order valence-corrected chi connectivity index (χ1v) is 4.80. The Hall–Kier alpha value is -0.690. The molecule has 0 spiro atoms. The second kappa shape index (κ2) is 3.59. The van der Waals surface area contributed by atoms with Crippen LogP contribution in [0.1, 0.15) is 46.0 Å². The molecule has 0 aromatic heterocycles. The maximum atomic E-state index is 13.8. The van der Waals surface area contributed by atoms with E-state index in [9.17, 15) is 9.18 Å². The third-order valence-electron chi connectivity index (χ3n) is 3.05. The first kappa shape index (κ1) is 10.4. The van der Waals surface area contributed by atoms with Gasteiger partial charge in [0.05, 0.1) is 0 Å². The molecule has 74 valence electrons. The van der Waals surface area contributed by atoms with Gasteiger partial charge >= 0.3 is 0 Å². The zero-order chi connectivity index (χ0) is 9.95. The lowest BCUT2D eigenvalue weighted by atomic mass is 9.73. The molecule has 1 rings (SSSR count). The topological polar surface area (TPSA) is 29.4 Å². The Balaban J connectivity index is 2.92. The fraction of sp³-hybridized carbons (Fsp3) is 0.900. The maximum absolute atomic E-state index is 13.8. The molecule has 0 bridgehead atoms. The number of carbonyl (C=O) groups excluding carboxylic acids is 1. The maximum Gasteiger partial charge on any atom is 0.235 e. The van der Waals surface area contributed by atoms with Crippen LogP contribution in [0.4, 0.5) is 4.39 Å². The highest BCUT2D eigenvalue weighted by Crippen LogP contribution is 2.41. The zero-order valence-electron chi connectivity index (χ0n) is 8.27. The third-order valence-corrected chi connectivity index (χ3v) is 3.05. The van der Waals surface area contributed by atoms with Gasteiger partial charge in [-0.2, -0.15) is 4.99 Å². The SMILES string of the molecule is CC(C)(F)C1(N=C=O)CCCCC1. The fourth-order valence-corrected chi connectivity index (χ4v) is 2.06. The molecule has 0 unspecified atom stereocenters. The minimum Gasteiger partial charge on any atom is -0.242 e. The van der Waals surface area contributed by atoms with Crippen LogP contribution >= 0.6 is 0 Å². The summed E-state index contributed by atoms with van der Waals surface area (Å²) in [5.74, 6) is 0. The summed E-state index contributed by atoms with van der Waals surface area (Å²) in [7, 11) is 0. The normalized spacial score (nSPS) is 22.1. The summed E-state index contributed by atoms with van der Waals surface area (Å²) in [5.41, 5.74) is -2.21. The van der Waals surface area contributed by atoms with Crippen LogP contribution in [0.25, 0.3) is 0 Å². The summed E-state index contributed by atoms with van der Waals surface area (Å²) in [5, 5.41) is 0. The lowest BCUT2D eigenvalue weighted by Gasteiger charge is -2.39. The zero-order valence-corrected chi connectivity index (χ0v) is 8.27. The van der Waals surface area contributed by atoms with Gasteiger partial charge in [0, 0.05) is 0 Å². The van der Waals surface area contributed by atoms with Crippen LogP contribution in [-0.2, 0) is 4.79 Å². The summed E-state index contributed by atoms with van der Waals surface area (Å²) in [6.45, 7) is 3.00. The molecule has 2 nitrogen and oxygen atoms in total. The van der Waals surface area contributed by atoms with Gasteiger partial charge in [0.1, 0.15) is 11.2 Å². The molecule has 0 aliphatic heterocycles. The summed E-state index contributed by atoms with van der Waals surface area (Å²) in [6, 6.07) is 0. The number of hydrogen-bond donors (Lipinski definition) is 0. The van der Waals surface area contributed by atoms with E-state index in [-0.39, 0.29) is 0 Å². The largest absolute Gasteiger partial charge is 0.242 e. The van der Waals surface area contributed by atoms with E-state index in [2.05, 4.69) is 4.99 Å². The number of isocyanates is 1. The van der Waals surface area contributed by atoms with E-state index in [4.69, 9.17) is 0 Å². The van der Waals surface area contributed by atoms with Crippen molar-refractivity contribution in [3.05, 3.63) is 0 Å². The van der Waals surface area contributed by atoms with E-state index in [1.54, 1.807) is 0 Å². The lowest BCUT2D eigenvalue weighted by Crippen LogP contribution is -2.46. The van der Waals surface area contributed by atoms with E-state index in [0.29, 0.717) is 12.8 Å². The van der Waals surface area contributed by atoms with E-state index < -0.39 is 11.2 Å². The predicted octanol–water partition coefficient (Wildman–Crippen LogP) is 2.77. The Morgan fingerprint density at radius 2 is 1.85 bits per heavy atom. The minimum atomic E-state index is -1.41. The van der Waals surface area contributed by atoms with Crippen LogP contribution in [0.2, 0.25) is 0 Å². The lowest BCUT2D eigenvalue weighted by molar-refractivity contribution is 0.0650. The van der Waals surface area contributed by atoms with Gasteiger partial charge in [-0.25, -0.2) is 9.18 Å². The smallest absolute Gasteiger partial charge is 0.235 e. The molecule has 0 radical (unpaired) electrons. The molecule has 0 N–H and O–H groups in total. The van der Waals surface area contributed by atoms with E-state index in [0.717, 1.165) is 19.3 Å². The molecule has 0 heterocycles. The van der Waals surface area contributed by atoms with Crippen LogP contribution in [0.5, 0.6) is 0 Å². The van der Waals surface area contributed by atoms with Gasteiger partial charge in [-0.1, -0.05) is 19.3 Å². The molecule has 0 amide bonds. The Bertz CT molecular complexity index is 220. The van der Waals surface area contributed by atoms with Gasteiger partial charge in [-0.3, -0.25) is 0 Å². The summed E-state index contributed by atoms with van der Waals surface area (Å²) in [6.07, 6.45) is 5.90. The number of aliphatic imine (C=N–C) groups is 1. The van der Waals surface area contributed by atoms with Crippen molar-refractivity contribution in [2.45, 2.75) is 57.2 Å². The molecule has 1 saturated carbocycles. The highest BCUT2D eigenvalue weighted by atomic mass is 19.1. The van der Waals surface area contributed by atoms with Gasteiger partial charge in [-0.05, 0) is 26.7 Å². The molecule has 13 heavy (non-hydrogen) atoms. The Labute approximate surface area is 78.2 Å². The molecule has 0 aromatic carbocycles. The van der Waals surface area contributed by atoms with Gasteiger partial charge in [0.2, 0.25) is 6.08 Å². The number of rotatable bonds is 2. The number of nitrogens with zero attached hydrogens (tertiary/aromatic N) is 1. The quantitative estimate of drug-likeness (QED) is 0.480. The van der Waals surface area contributed by atoms with Crippen molar-refractivity contribution in [1.29, 1.82) is 0 Å². The molecule has 0 aromatic rings. The average Bonchev–Trinajstić information content (AvgIpc) is 2.04. The monoisotopic (exact) mass is 185 g/mol. The second-order valence-corrected chi connectivity index (χ2v) is 4.27. The summed E-state index contributed by atoms with van der Waals surface area (Å²) in [4.78, 5) is 14.0. The van der Waals surface area contributed by atoms with Gasteiger partial charge in [0.25, 0.3) is 0 Å². The highest BCUT2D eigenvalue weighted by Gasteiger charge is 2.46. The molecular weight excluding hydrogens is 169 g/mol. The number of alkyl halides is 1. The molecular formula is C10H16FNO. The van der Waals surface area contributed by atoms with Crippen LogP contribution in [0.3, 0.4) is 0 Å². The van der Waals surface area contributed by atoms with E-state index >= 15 is 0 Å². The Morgan fingerprint density at radius 1 is 1.31 bits per heavy atom. The van der Waals surface area contributed by atoms with Crippen molar-refractivity contribution < 1.29 is 9.18 Å². The minimum absolute atomic E-state index is 0.672. The summed E-state index contributed by atoms with van der Waals surface area (Å²) < 4.78 is 13.8. The van der Waals surface area contributed by atoms with Crippen molar-refractivity contribution >= 4 is 6.08 Å². The van der Waals surface area contributed by atoms with Gasteiger partial charge in [0.15, 0.2) is 0 Å². The van der Waals surface area contributed by atoms with Crippen molar-refractivity contribution in [3.8, 4) is 0 Å². The average molecular weight is 185 g/mol. The second-order valence-electron chi connectivity index (χ2n) is 4.27. The van der Waals surface area contributed by atoms with Crippen LogP contribution in [0, 0.1) is 0 Å². The predicted molar refractivity (Wildman–Crippen MR) is 49.1 cm³/mol. The Kier molecular flexibility index (Phi) is 2.87. The molecule has 1 aliphatic carbocycles. The fourth-order valence-electron chi connectivity index (χ4n) is 2.06. The van der Waals surface area contributed by atoms with Crippen molar-refractivity contribution in [3.63, 3.8) is 0 Å². The van der Waals surface area contributed by atoms with Crippen molar-refractivity contribution in [2.75, 3.05) is 0 Å². The first-order valence-electron chi connectivity index (χ1n) is 4.80. The number of halogens is 1. The molecule has 1 fully saturated rings. The Morgan fingerprint density at radius 3 is 2.23 bits per heavy atom. The molecule has 3 heteroatoms. The van der Waals surface area contributed by atoms with Gasteiger partial charge in [-0.15, -0.1) is 0 Å². The van der Waals surface area contributed by atoms with Crippen LogP contribution in [0.15, 0.2) is 4.99 Å². The summed E-state index contributed by atoms with van der Waals surface area (Å²) >= 11 is 0. The molecule has 0 atom stereocenters. The standard InChI is InChI=1S/C10H16FNO/c1-9(2,11)10(12-8-13)6-4-3-5-7-10/h3-7H2,1-2H3. The third kappa shape index (κ3) is 1.97. The highest BCUT2D eigenvalue weighted by molar-refractivity contribution is 5.36. The molecule has 1 aliphatic rings. The van der Waals surface area contributed by atoms with Crippen LogP contribution < -0.4 is 0 Å².